The molecule has 0 aliphatic rings. The zero-order valence-corrected chi connectivity index (χ0v) is 13.5. The van der Waals surface area contributed by atoms with E-state index in [2.05, 4.69) is 50.5 Å². The average molecular weight is 357 g/mol. The Morgan fingerprint density at radius 2 is 1.95 bits per heavy atom. The SMILES string of the molecule is CC(C)c1c(NN)ncnc1Nc1ccc(Br)c(Cl)c1. The van der Waals surface area contributed by atoms with Gasteiger partial charge in [0.25, 0.3) is 0 Å². The molecule has 0 aliphatic heterocycles. The summed E-state index contributed by atoms with van der Waals surface area (Å²) in [6, 6.07) is 5.62. The molecule has 0 amide bonds. The smallest absolute Gasteiger partial charge is 0.148 e. The summed E-state index contributed by atoms with van der Waals surface area (Å²) in [5, 5.41) is 3.88. The topological polar surface area (TPSA) is 75.9 Å². The molecule has 0 radical (unpaired) electrons. The molecule has 7 heteroatoms. The Bertz CT molecular complexity index is 618. The van der Waals surface area contributed by atoms with Gasteiger partial charge in [0.1, 0.15) is 18.0 Å². The number of nitrogen functional groups attached to an aromatic ring is 1. The highest BCUT2D eigenvalue weighted by Gasteiger charge is 2.14. The second-order valence-corrected chi connectivity index (χ2v) is 5.80. The molecule has 0 fully saturated rings. The first kappa shape index (κ1) is 15.0. The number of nitrogens with two attached hydrogens (primary N) is 1. The van der Waals surface area contributed by atoms with E-state index in [1.54, 1.807) is 0 Å². The van der Waals surface area contributed by atoms with E-state index in [4.69, 9.17) is 17.4 Å². The van der Waals surface area contributed by atoms with E-state index >= 15 is 0 Å². The van der Waals surface area contributed by atoms with Gasteiger partial charge in [0.05, 0.1) is 5.02 Å². The Hall–Kier alpha value is -1.37. The molecule has 2 aromatic rings. The fourth-order valence-corrected chi connectivity index (χ4v) is 2.29. The summed E-state index contributed by atoms with van der Waals surface area (Å²) >= 11 is 9.45. The molecule has 1 heterocycles. The Morgan fingerprint density at radius 1 is 1.25 bits per heavy atom. The predicted octanol–water partition coefficient (Wildman–Crippen LogP) is 4.05. The number of nitrogens with zero attached hydrogens (tertiary/aromatic N) is 2. The van der Waals surface area contributed by atoms with Crippen LogP contribution in [0.5, 0.6) is 0 Å². The van der Waals surface area contributed by atoms with Crippen LogP contribution in [-0.2, 0) is 0 Å². The molecule has 0 bridgehead atoms. The Balaban J connectivity index is 2.40. The molecule has 0 spiro atoms. The van der Waals surface area contributed by atoms with Crippen LogP contribution in [0.4, 0.5) is 17.3 Å². The zero-order chi connectivity index (χ0) is 14.7. The number of hydrazine groups is 1. The van der Waals surface area contributed by atoms with Gasteiger partial charge in [-0.15, -0.1) is 0 Å². The number of halogens is 2. The minimum absolute atomic E-state index is 0.218. The Labute approximate surface area is 131 Å². The van der Waals surface area contributed by atoms with Crippen molar-refractivity contribution in [3.63, 3.8) is 0 Å². The molecule has 1 aromatic heterocycles. The van der Waals surface area contributed by atoms with Crippen LogP contribution in [0.1, 0.15) is 25.3 Å². The van der Waals surface area contributed by atoms with Crippen LogP contribution in [0.3, 0.4) is 0 Å². The number of anilines is 3. The van der Waals surface area contributed by atoms with E-state index < -0.39 is 0 Å². The lowest BCUT2D eigenvalue weighted by Crippen LogP contribution is -2.14. The van der Waals surface area contributed by atoms with Crippen molar-refractivity contribution in [2.24, 2.45) is 5.84 Å². The van der Waals surface area contributed by atoms with Crippen molar-refractivity contribution >= 4 is 44.9 Å². The quantitative estimate of drug-likeness (QED) is 0.569. The summed E-state index contributed by atoms with van der Waals surface area (Å²) in [7, 11) is 0. The number of aromatic nitrogens is 2. The number of benzene rings is 1. The second kappa shape index (κ2) is 6.39. The van der Waals surface area contributed by atoms with Gasteiger partial charge in [-0.25, -0.2) is 15.8 Å². The highest BCUT2D eigenvalue weighted by Crippen LogP contribution is 2.32. The third kappa shape index (κ3) is 3.20. The van der Waals surface area contributed by atoms with Crippen molar-refractivity contribution in [1.82, 2.24) is 9.97 Å². The fourth-order valence-electron chi connectivity index (χ4n) is 1.87. The number of hydrogen-bond donors (Lipinski definition) is 3. The van der Waals surface area contributed by atoms with E-state index in [-0.39, 0.29) is 5.92 Å². The van der Waals surface area contributed by atoms with E-state index in [9.17, 15) is 0 Å². The van der Waals surface area contributed by atoms with Crippen molar-refractivity contribution in [3.05, 3.63) is 39.6 Å². The van der Waals surface area contributed by atoms with Gasteiger partial charge in [-0.3, -0.25) is 0 Å². The monoisotopic (exact) mass is 355 g/mol. The Morgan fingerprint density at radius 3 is 2.55 bits per heavy atom. The normalized spacial score (nSPS) is 10.7. The lowest BCUT2D eigenvalue weighted by molar-refractivity contribution is 0.850. The highest BCUT2D eigenvalue weighted by molar-refractivity contribution is 9.10. The van der Waals surface area contributed by atoms with Crippen molar-refractivity contribution in [3.8, 4) is 0 Å². The number of hydrogen-bond acceptors (Lipinski definition) is 5. The molecule has 2 rings (SSSR count). The lowest BCUT2D eigenvalue weighted by atomic mass is 10.0. The number of rotatable bonds is 4. The summed E-state index contributed by atoms with van der Waals surface area (Å²) in [5.41, 5.74) is 4.37. The van der Waals surface area contributed by atoms with Gasteiger partial charge < -0.3 is 10.7 Å². The maximum absolute atomic E-state index is 6.09. The van der Waals surface area contributed by atoms with Gasteiger partial charge >= 0.3 is 0 Å². The first-order valence-corrected chi connectivity index (χ1v) is 7.23. The van der Waals surface area contributed by atoms with Crippen LogP contribution in [-0.4, -0.2) is 9.97 Å². The van der Waals surface area contributed by atoms with Crippen LogP contribution in [0.25, 0.3) is 0 Å². The summed E-state index contributed by atoms with van der Waals surface area (Å²) in [4.78, 5) is 8.41. The molecular weight excluding hydrogens is 342 g/mol. The molecule has 0 atom stereocenters. The average Bonchev–Trinajstić information content (AvgIpc) is 2.42. The van der Waals surface area contributed by atoms with E-state index in [0.29, 0.717) is 16.7 Å². The maximum Gasteiger partial charge on any atom is 0.148 e. The zero-order valence-electron chi connectivity index (χ0n) is 11.1. The van der Waals surface area contributed by atoms with Gasteiger partial charge in [-0.05, 0) is 40.0 Å². The summed E-state index contributed by atoms with van der Waals surface area (Å²) in [6.45, 7) is 4.11. The highest BCUT2D eigenvalue weighted by atomic mass is 79.9. The van der Waals surface area contributed by atoms with E-state index in [0.717, 1.165) is 15.7 Å². The standard InChI is InChI=1S/C13H15BrClN5/c1-7(2)11-12(17-6-18-13(11)20-16)19-8-3-4-9(14)10(15)5-8/h3-7H,16H2,1-2H3,(H2,17,18,19,20). The van der Waals surface area contributed by atoms with E-state index in [1.165, 1.54) is 6.33 Å². The lowest BCUT2D eigenvalue weighted by Gasteiger charge is -2.16. The third-order valence-corrected chi connectivity index (χ3v) is 4.01. The summed E-state index contributed by atoms with van der Waals surface area (Å²) in [6.07, 6.45) is 1.46. The molecule has 20 heavy (non-hydrogen) atoms. The van der Waals surface area contributed by atoms with Gasteiger partial charge in [-0.1, -0.05) is 25.4 Å². The summed E-state index contributed by atoms with van der Waals surface area (Å²) < 4.78 is 0.848. The number of nitrogens with one attached hydrogen (secondary N) is 2. The minimum Gasteiger partial charge on any atom is -0.340 e. The van der Waals surface area contributed by atoms with Gasteiger partial charge in [-0.2, -0.15) is 0 Å². The molecule has 0 aliphatic carbocycles. The summed E-state index contributed by atoms with van der Waals surface area (Å²) in [5.74, 6) is 7.04. The molecule has 0 saturated carbocycles. The van der Waals surface area contributed by atoms with Crippen LogP contribution in [0.15, 0.2) is 29.0 Å². The first-order valence-electron chi connectivity index (χ1n) is 6.06. The van der Waals surface area contributed by atoms with Crippen molar-refractivity contribution in [1.29, 1.82) is 0 Å². The van der Waals surface area contributed by atoms with Crippen LogP contribution in [0.2, 0.25) is 5.02 Å². The van der Waals surface area contributed by atoms with Crippen molar-refractivity contribution < 1.29 is 0 Å². The van der Waals surface area contributed by atoms with Crippen molar-refractivity contribution in [2.45, 2.75) is 19.8 Å². The fraction of sp³-hybridized carbons (Fsp3) is 0.231. The molecule has 0 saturated heterocycles. The molecule has 0 unspecified atom stereocenters. The predicted molar refractivity (Wildman–Crippen MR) is 86.4 cm³/mol. The molecule has 106 valence electrons. The van der Waals surface area contributed by atoms with Gasteiger partial charge in [0, 0.05) is 15.7 Å². The van der Waals surface area contributed by atoms with E-state index in [1.807, 2.05) is 18.2 Å². The largest absolute Gasteiger partial charge is 0.340 e. The second-order valence-electron chi connectivity index (χ2n) is 4.54. The molecular formula is C13H15BrClN5. The van der Waals surface area contributed by atoms with Gasteiger partial charge in [0.15, 0.2) is 0 Å². The minimum atomic E-state index is 0.218. The molecule has 1 aromatic carbocycles. The van der Waals surface area contributed by atoms with Crippen LogP contribution in [0, 0.1) is 0 Å². The third-order valence-electron chi connectivity index (χ3n) is 2.78. The molecule has 4 N–H and O–H groups in total. The van der Waals surface area contributed by atoms with Crippen LogP contribution >= 0.6 is 27.5 Å². The first-order chi connectivity index (χ1) is 9.52. The molecule has 5 nitrogen and oxygen atoms in total. The van der Waals surface area contributed by atoms with Gasteiger partial charge in [0.2, 0.25) is 0 Å². The van der Waals surface area contributed by atoms with Crippen LogP contribution < -0.4 is 16.6 Å². The Kier molecular flexibility index (Phi) is 4.80. The van der Waals surface area contributed by atoms with Crippen molar-refractivity contribution in [2.75, 3.05) is 10.7 Å². The maximum atomic E-state index is 6.09.